The van der Waals surface area contributed by atoms with Crippen molar-refractivity contribution in [3.8, 4) is 0 Å². The molecule has 0 saturated carbocycles. The van der Waals surface area contributed by atoms with Crippen molar-refractivity contribution in [1.29, 1.82) is 0 Å². The fraction of sp³-hybridized carbons (Fsp3) is 0.773. The number of unbranched alkanes of at least 4 members (excludes halogenated alkanes) is 3. The van der Waals surface area contributed by atoms with E-state index in [0.717, 1.165) is 6.42 Å². The third-order valence-electron chi connectivity index (χ3n) is 5.72. The average Bonchev–Trinajstić information content (AvgIpc) is 2.70. The molecule has 158 valence electrons. The molecule has 0 aliphatic heterocycles. The molecule has 0 bridgehead atoms. The molecule has 0 aliphatic rings. The van der Waals surface area contributed by atoms with Crippen LogP contribution in [0, 0.1) is 0 Å². The van der Waals surface area contributed by atoms with Crippen molar-refractivity contribution < 1.29 is 14.6 Å². The van der Waals surface area contributed by atoms with E-state index in [1.54, 1.807) is 6.08 Å². The minimum atomic E-state index is -2.80. The second-order valence-electron chi connectivity index (χ2n) is 7.58. The standard InChI is InChI=1S/C10H16NO3.3C4H9.Sn/c1-4-6-7-11(10(13)14-3)9(5-2)8-12;3*1-3-4-2;/h4-5,7,9,12H,1-2,6,8H2,3H3;3*1,3-4H2,2H3;/t9-;;;;/m0..../s1. The van der Waals surface area contributed by atoms with Crippen LogP contribution < -0.4 is 0 Å². The Bertz CT molecular complexity index is 406. The predicted molar refractivity (Wildman–Crippen MR) is 119 cm³/mol. The zero-order chi connectivity index (χ0) is 20.7. The van der Waals surface area contributed by atoms with Gasteiger partial charge in [-0.25, -0.2) is 0 Å². The van der Waals surface area contributed by atoms with Crippen LogP contribution in [-0.4, -0.2) is 58.3 Å². The zero-order valence-corrected chi connectivity index (χ0v) is 21.1. The Morgan fingerprint density at radius 3 is 1.85 bits per heavy atom. The van der Waals surface area contributed by atoms with E-state index in [-0.39, 0.29) is 16.8 Å². The monoisotopic (exact) mass is 489 g/mol. The topological polar surface area (TPSA) is 49.8 Å². The Morgan fingerprint density at radius 1 is 1.07 bits per heavy atom. The Labute approximate surface area is 171 Å². The molecule has 0 spiro atoms. The van der Waals surface area contributed by atoms with E-state index in [1.807, 2.05) is 11.0 Å². The summed E-state index contributed by atoms with van der Waals surface area (Å²) in [5.74, 6) is 0. The maximum absolute atomic E-state index is 12.8. The molecule has 1 N–H and O–H groups in total. The third-order valence-corrected chi connectivity index (χ3v) is 22.8. The second-order valence-corrected chi connectivity index (χ2v) is 21.5. The third kappa shape index (κ3) is 8.18. The van der Waals surface area contributed by atoms with E-state index in [2.05, 4.69) is 33.9 Å². The van der Waals surface area contributed by atoms with Gasteiger partial charge in [0.05, 0.1) is 0 Å². The first-order valence-electron chi connectivity index (χ1n) is 10.7. The summed E-state index contributed by atoms with van der Waals surface area (Å²) in [6.07, 6.45) is 11.3. The number of rotatable bonds is 16. The van der Waals surface area contributed by atoms with Gasteiger partial charge < -0.3 is 0 Å². The van der Waals surface area contributed by atoms with E-state index < -0.39 is 24.4 Å². The molecular weight excluding hydrogens is 445 g/mol. The van der Waals surface area contributed by atoms with Gasteiger partial charge in [-0.2, -0.15) is 0 Å². The summed E-state index contributed by atoms with van der Waals surface area (Å²) >= 11 is -2.80. The van der Waals surface area contributed by atoms with Gasteiger partial charge in [-0.15, -0.1) is 0 Å². The van der Waals surface area contributed by atoms with Gasteiger partial charge in [0.2, 0.25) is 0 Å². The van der Waals surface area contributed by atoms with Crippen molar-refractivity contribution in [2.45, 2.75) is 89.1 Å². The Balaban J connectivity index is 6.24. The number of methoxy groups -OCH3 is 1. The molecule has 4 nitrogen and oxygen atoms in total. The van der Waals surface area contributed by atoms with Crippen LogP contribution in [0.15, 0.2) is 25.3 Å². The molecule has 0 fully saturated rings. The molecule has 0 heterocycles. The first-order chi connectivity index (χ1) is 13.0. The Kier molecular flexibility index (Phi) is 15.2. The number of aliphatic hydroxyl groups excluding tert-OH is 1. The summed E-state index contributed by atoms with van der Waals surface area (Å²) in [6.45, 7) is 14.5. The summed E-state index contributed by atoms with van der Waals surface area (Å²) < 4.78 is 9.17. The first kappa shape index (κ1) is 26.5. The number of carbonyl (C=O) groups excluding carboxylic acids is 1. The molecule has 0 radical (unpaired) electrons. The second kappa shape index (κ2) is 15.4. The van der Waals surface area contributed by atoms with Crippen molar-refractivity contribution in [2.24, 2.45) is 0 Å². The Hall–Kier alpha value is -0.491. The van der Waals surface area contributed by atoms with Gasteiger partial charge in [0.1, 0.15) is 0 Å². The van der Waals surface area contributed by atoms with Crippen LogP contribution in [0.5, 0.6) is 0 Å². The van der Waals surface area contributed by atoms with Crippen LogP contribution in [0.25, 0.3) is 0 Å². The van der Waals surface area contributed by atoms with Crippen LogP contribution in [0.4, 0.5) is 4.79 Å². The summed E-state index contributed by atoms with van der Waals surface area (Å²) in [5.41, 5.74) is 0. The fourth-order valence-electron chi connectivity index (χ4n) is 4.15. The van der Waals surface area contributed by atoms with E-state index in [1.165, 1.54) is 58.9 Å². The van der Waals surface area contributed by atoms with Gasteiger partial charge in [0.25, 0.3) is 0 Å². The van der Waals surface area contributed by atoms with Gasteiger partial charge in [-0.3, -0.25) is 0 Å². The van der Waals surface area contributed by atoms with Crippen molar-refractivity contribution >= 4 is 24.5 Å². The number of nitrogens with zero attached hydrogens (tertiary/aromatic N) is 1. The molecule has 1 amide bonds. The first-order valence-corrected chi connectivity index (χ1v) is 18.4. The summed E-state index contributed by atoms with van der Waals surface area (Å²) in [6, 6.07) is -0.400. The normalized spacial score (nSPS) is 13.7. The van der Waals surface area contributed by atoms with Crippen molar-refractivity contribution in [2.75, 3.05) is 13.7 Å². The molecule has 0 saturated heterocycles. The van der Waals surface area contributed by atoms with Gasteiger partial charge in [-0.05, 0) is 0 Å². The zero-order valence-electron chi connectivity index (χ0n) is 18.2. The number of carbonyl (C=O) groups is 1. The van der Waals surface area contributed by atoms with Gasteiger partial charge in [-0.1, -0.05) is 0 Å². The molecule has 5 heteroatoms. The molecular formula is C22H43NO3Sn. The van der Waals surface area contributed by atoms with Crippen molar-refractivity contribution in [1.82, 2.24) is 4.90 Å². The molecule has 0 unspecified atom stereocenters. The quantitative estimate of drug-likeness (QED) is 0.216. The Morgan fingerprint density at radius 2 is 1.56 bits per heavy atom. The molecule has 0 aliphatic carbocycles. The summed E-state index contributed by atoms with van der Waals surface area (Å²) in [5, 5.41) is 9.93. The van der Waals surface area contributed by atoms with Crippen molar-refractivity contribution in [3.05, 3.63) is 25.3 Å². The van der Waals surface area contributed by atoms with E-state index in [4.69, 9.17) is 4.74 Å². The van der Waals surface area contributed by atoms with Crippen LogP contribution in [-0.2, 0) is 4.74 Å². The summed E-state index contributed by atoms with van der Waals surface area (Å²) in [4.78, 5) is 14.6. The van der Waals surface area contributed by atoms with Crippen LogP contribution in [0.3, 0.4) is 0 Å². The SMILES string of the molecule is C=CC[C@H](N(C(=O)OC)[C@@H](C=C)CO)[Sn]([CH2]CCC)([CH2]CCC)[CH2]CCC. The van der Waals surface area contributed by atoms with Gasteiger partial charge in [0.15, 0.2) is 0 Å². The van der Waals surface area contributed by atoms with Gasteiger partial charge in [0, 0.05) is 0 Å². The average molecular weight is 488 g/mol. The number of aliphatic hydroxyl groups is 1. The van der Waals surface area contributed by atoms with Crippen LogP contribution >= 0.6 is 0 Å². The van der Waals surface area contributed by atoms with E-state index >= 15 is 0 Å². The molecule has 0 aromatic carbocycles. The van der Waals surface area contributed by atoms with Gasteiger partial charge >= 0.3 is 172 Å². The number of amides is 1. The molecule has 0 aromatic heterocycles. The number of hydrogen-bond donors (Lipinski definition) is 1. The molecule has 2 atom stereocenters. The molecule has 27 heavy (non-hydrogen) atoms. The fourth-order valence-corrected chi connectivity index (χ4v) is 22.6. The minimum absolute atomic E-state index is 0.122. The van der Waals surface area contributed by atoms with E-state index in [0.29, 0.717) is 0 Å². The van der Waals surface area contributed by atoms with Crippen LogP contribution in [0.1, 0.15) is 65.7 Å². The maximum atomic E-state index is 12.8. The summed E-state index contributed by atoms with van der Waals surface area (Å²) in [7, 11) is 1.43. The van der Waals surface area contributed by atoms with Crippen molar-refractivity contribution in [3.63, 3.8) is 0 Å². The number of hydrogen-bond acceptors (Lipinski definition) is 3. The molecule has 0 rings (SSSR count). The van der Waals surface area contributed by atoms with E-state index in [9.17, 15) is 9.90 Å². The van der Waals surface area contributed by atoms with Crippen LogP contribution in [0.2, 0.25) is 13.3 Å². The molecule has 0 aromatic rings. The predicted octanol–water partition coefficient (Wildman–Crippen LogP) is 5.93. The number of ether oxygens (including phenoxy) is 1.